The van der Waals surface area contributed by atoms with Gasteiger partial charge in [0, 0.05) is 12.8 Å². The molecule has 2 atom stereocenters. The smallest absolute Gasteiger partial charge is 0.305 e. The molecule has 0 rings (SSSR count). The van der Waals surface area contributed by atoms with Gasteiger partial charge >= 0.3 is 5.97 Å². The number of ether oxygens (including phenoxy) is 1. The fraction of sp³-hybridized carbons (Fsp3) is 0.882. The summed E-state index contributed by atoms with van der Waals surface area (Å²) in [5.41, 5.74) is 0. The molecule has 0 aliphatic carbocycles. The maximum absolute atomic E-state index is 12.5. The third-order valence-electron chi connectivity index (χ3n) is 15.4. The first-order valence-corrected chi connectivity index (χ1v) is 33.3. The van der Waals surface area contributed by atoms with Crippen LogP contribution in [-0.4, -0.2) is 47.4 Å². The lowest BCUT2D eigenvalue weighted by Crippen LogP contribution is -2.45. The van der Waals surface area contributed by atoms with E-state index in [2.05, 4.69) is 43.5 Å². The lowest BCUT2D eigenvalue weighted by molar-refractivity contribution is -0.143. The molecule has 1 amide bonds. The second-order valence-corrected chi connectivity index (χ2v) is 22.8. The van der Waals surface area contributed by atoms with Crippen molar-refractivity contribution in [3.8, 4) is 0 Å². The van der Waals surface area contributed by atoms with Gasteiger partial charge in [0.05, 0.1) is 25.4 Å². The molecule has 0 spiro atoms. The van der Waals surface area contributed by atoms with Gasteiger partial charge in [-0.05, 0) is 83.5 Å². The molecule has 0 radical (unpaired) electrons. The first-order valence-electron chi connectivity index (χ1n) is 33.3. The number of aliphatic hydroxyl groups is 2. The van der Waals surface area contributed by atoms with Gasteiger partial charge in [0.2, 0.25) is 5.91 Å². The molecule has 0 heterocycles. The first kappa shape index (κ1) is 72.1. The summed E-state index contributed by atoms with van der Waals surface area (Å²) in [6.45, 7) is 4.91. The van der Waals surface area contributed by atoms with E-state index in [1.54, 1.807) is 6.08 Å². The number of allylic oxidation sites excluding steroid dienone is 5. The number of nitrogens with one attached hydrogen (secondary N) is 1. The van der Waals surface area contributed by atoms with Crippen molar-refractivity contribution in [1.82, 2.24) is 5.32 Å². The molecular weight excluding hydrogens is 911 g/mol. The van der Waals surface area contributed by atoms with Gasteiger partial charge in [0.15, 0.2) is 0 Å². The highest BCUT2D eigenvalue weighted by molar-refractivity contribution is 5.76. The summed E-state index contributed by atoms with van der Waals surface area (Å²) in [5.74, 6) is -0.0762. The van der Waals surface area contributed by atoms with E-state index in [0.29, 0.717) is 19.4 Å². The highest BCUT2D eigenvalue weighted by Crippen LogP contribution is 2.18. The highest BCUT2D eigenvalue weighted by Gasteiger charge is 2.18. The molecule has 0 aromatic heterocycles. The van der Waals surface area contributed by atoms with Gasteiger partial charge in [-0.3, -0.25) is 9.59 Å². The van der Waals surface area contributed by atoms with Crippen molar-refractivity contribution in [3.63, 3.8) is 0 Å². The first-order chi connectivity index (χ1) is 36.5. The summed E-state index contributed by atoms with van der Waals surface area (Å²) in [6.07, 6.45) is 80.5. The zero-order chi connectivity index (χ0) is 53.6. The van der Waals surface area contributed by atoms with Gasteiger partial charge in [-0.25, -0.2) is 0 Å². The Kier molecular flexibility index (Phi) is 62.0. The van der Waals surface area contributed by atoms with Gasteiger partial charge in [-0.2, -0.15) is 0 Å². The van der Waals surface area contributed by atoms with E-state index in [-0.39, 0.29) is 18.5 Å². The quantitative estimate of drug-likeness (QED) is 0.0320. The Morgan fingerprint density at radius 3 is 0.959 bits per heavy atom. The van der Waals surface area contributed by atoms with Crippen LogP contribution in [0.1, 0.15) is 361 Å². The molecule has 0 fully saturated rings. The topological polar surface area (TPSA) is 95.9 Å². The maximum atomic E-state index is 12.5. The van der Waals surface area contributed by atoms with E-state index in [0.717, 1.165) is 51.4 Å². The number of esters is 1. The van der Waals surface area contributed by atoms with Crippen molar-refractivity contribution < 1.29 is 24.5 Å². The van der Waals surface area contributed by atoms with Crippen LogP contribution in [0.3, 0.4) is 0 Å². The largest absolute Gasteiger partial charge is 0.466 e. The van der Waals surface area contributed by atoms with Crippen molar-refractivity contribution in [2.75, 3.05) is 13.2 Å². The predicted octanol–water partition coefficient (Wildman–Crippen LogP) is 21.1. The molecule has 0 bridgehead atoms. The number of amides is 1. The molecular formula is C68H129NO5. The third kappa shape index (κ3) is 59.3. The fourth-order valence-electron chi connectivity index (χ4n) is 10.3. The van der Waals surface area contributed by atoms with Crippen LogP contribution in [0.25, 0.3) is 0 Å². The highest BCUT2D eigenvalue weighted by atomic mass is 16.5. The Bertz CT molecular complexity index is 1200. The summed E-state index contributed by atoms with van der Waals surface area (Å²) in [7, 11) is 0. The van der Waals surface area contributed by atoms with Gasteiger partial charge in [-0.15, -0.1) is 0 Å². The molecule has 436 valence electrons. The van der Waals surface area contributed by atoms with E-state index in [1.807, 2.05) is 6.08 Å². The number of hydrogen-bond acceptors (Lipinski definition) is 5. The molecule has 0 saturated carbocycles. The second-order valence-electron chi connectivity index (χ2n) is 22.8. The fourth-order valence-corrected chi connectivity index (χ4v) is 10.3. The van der Waals surface area contributed by atoms with Gasteiger partial charge in [-0.1, -0.05) is 301 Å². The monoisotopic (exact) mass is 1040 g/mol. The Hall–Kier alpha value is -1.92. The van der Waals surface area contributed by atoms with Crippen LogP contribution >= 0.6 is 0 Å². The van der Waals surface area contributed by atoms with Gasteiger partial charge < -0.3 is 20.3 Å². The molecule has 0 aliphatic heterocycles. The summed E-state index contributed by atoms with van der Waals surface area (Å²) in [5, 5.41) is 23.2. The Morgan fingerprint density at radius 1 is 0.365 bits per heavy atom. The Labute approximate surface area is 462 Å². The number of hydrogen-bond donors (Lipinski definition) is 3. The minimum absolute atomic E-state index is 0.00262. The molecule has 0 aromatic carbocycles. The Balaban J connectivity index is 3.47. The number of carbonyl (C=O) groups excluding carboxylic acids is 2. The van der Waals surface area contributed by atoms with Gasteiger partial charge in [0.1, 0.15) is 0 Å². The molecule has 6 nitrogen and oxygen atoms in total. The second kappa shape index (κ2) is 63.6. The molecule has 3 N–H and O–H groups in total. The van der Waals surface area contributed by atoms with Crippen LogP contribution in [0.2, 0.25) is 0 Å². The number of aliphatic hydroxyl groups excluding tert-OH is 2. The van der Waals surface area contributed by atoms with Gasteiger partial charge in [0.25, 0.3) is 0 Å². The Morgan fingerprint density at radius 2 is 0.635 bits per heavy atom. The average Bonchev–Trinajstić information content (AvgIpc) is 3.40. The zero-order valence-electron chi connectivity index (χ0n) is 49.8. The summed E-state index contributed by atoms with van der Waals surface area (Å²) in [6, 6.07) is -0.636. The van der Waals surface area contributed by atoms with Crippen molar-refractivity contribution in [3.05, 3.63) is 36.5 Å². The van der Waals surface area contributed by atoms with Crippen molar-refractivity contribution >= 4 is 11.9 Å². The number of unbranched alkanes of at least 4 members (excludes halogenated alkanes) is 47. The predicted molar refractivity (Wildman–Crippen MR) is 324 cm³/mol. The molecule has 6 heteroatoms. The maximum Gasteiger partial charge on any atom is 0.305 e. The van der Waals surface area contributed by atoms with E-state index < -0.39 is 12.1 Å². The summed E-state index contributed by atoms with van der Waals surface area (Å²) < 4.78 is 5.47. The normalized spacial score (nSPS) is 12.8. The third-order valence-corrected chi connectivity index (χ3v) is 15.4. The molecule has 0 aliphatic rings. The number of rotatable bonds is 62. The van der Waals surface area contributed by atoms with E-state index in [9.17, 15) is 19.8 Å². The van der Waals surface area contributed by atoms with E-state index in [1.165, 1.54) is 283 Å². The zero-order valence-corrected chi connectivity index (χ0v) is 49.8. The van der Waals surface area contributed by atoms with E-state index in [4.69, 9.17) is 4.74 Å². The van der Waals surface area contributed by atoms with Crippen LogP contribution in [0.15, 0.2) is 36.5 Å². The van der Waals surface area contributed by atoms with E-state index >= 15 is 0 Å². The minimum Gasteiger partial charge on any atom is -0.466 e. The number of carbonyl (C=O) groups is 2. The van der Waals surface area contributed by atoms with Crippen molar-refractivity contribution in [1.29, 1.82) is 0 Å². The minimum atomic E-state index is -0.852. The lowest BCUT2D eigenvalue weighted by Gasteiger charge is -2.20. The van der Waals surface area contributed by atoms with Crippen LogP contribution in [0.5, 0.6) is 0 Å². The SMILES string of the molecule is CCCCCCC/C=C\CCCCCCCC(=O)OCCCCCCCCCCC/C=C\CCCCCCCCCC(=O)NC(CO)C(O)/C=C/CCCCCCCCCCCCCCCCCCCCCCC. The molecule has 0 saturated heterocycles. The van der Waals surface area contributed by atoms with Crippen molar-refractivity contribution in [2.24, 2.45) is 0 Å². The molecule has 74 heavy (non-hydrogen) atoms. The molecule has 2 unspecified atom stereocenters. The standard InChI is InChI=1S/C68H129NO5/c1-3-5-7-9-11-13-15-17-19-20-21-22-23-24-27-30-33-36-40-44-48-52-56-60-66(71)65(64-70)69-67(72)61-57-53-49-45-41-37-34-31-28-25-26-29-32-35-39-43-47-51-55-59-63-74-68(73)62-58-54-50-46-42-38-18-16-14-12-10-8-6-4-2/h16,18,25,28,56,60,65-66,70-71H,3-15,17,19-24,26-27,29-55,57-59,61-64H2,1-2H3,(H,69,72)/b18-16-,28-25-,60-56+. The van der Waals surface area contributed by atoms with Crippen LogP contribution in [-0.2, 0) is 14.3 Å². The van der Waals surface area contributed by atoms with Crippen LogP contribution in [0, 0.1) is 0 Å². The molecule has 0 aromatic rings. The average molecular weight is 1040 g/mol. The van der Waals surface area contributed by atoms with Crippen LogP contribution in [0.4, 0.5) is 0 Å². The lowest BCUT2D eigenvalue weighted by atomic mass is 10.0. The van der Waals surface area contributed by atoms with Crippen LogP contribution < -0.4 is 5.32 Å². The summed E-state index contributed by atoms with van der Waals surface area (Å²) in [4.78, 5) is 24.6. The summed E-state index contributed by atoms with van der Waals surface area (Å²) >= 11 is 0. The van der Waals surface area contributed by atoms with Crippen molar-refractivity contribution in [2.45, 2.75) is 373 Å².